The van der Waals surface area contributed by atoms with Crippen molar-refractivity contribution >= 4 is 5.82 Å². The Kier molecular flexibility index (Phi) is 3.93. The Morgan fingerprint density at radius 2 is 2.05 bits per heavy atom. The average molecular weight is 263 g/mol. The van der Waals surface area contributed by atoms with Crippen molar-refractivity contribution < 1.29 is 0 Å². The van der Waals surface area contributed by atoms with E-state index in [0.29, 0.717) is 23.3 Å². The molecule has 2 unspecified atom stereocenters. The van der Waals surface area contributed by atoms with Crippen LogP contribution in [0.4, 0.5) is 5.82 Å². The Hall–Kier alpha value is -0.990. The van der Waals surface area contributed by atoms with Crippen LogP contribution in [0.3, 0.4) is 0 Å². The number of anilines is 1. The lowest BCUT2D eigenvalue weighted by Crippen LogP contribution is -2.27. The fraction of sp³-hybridized carbons (Fsp3) is 0.812. The topological polar surface area (TPSA) is 29.9 Å². The van der Waals surface area contributed by atoms with E-state index < -0.39 is 0 Å². The fourth-order valence-corrected chi connectivity index (χ4v) is 2.64. The maximum absolute atomic E-state index is 4.86. The van der Waals surface area contributed by atoms with E-state index in [1.54, 1.807) is 0 Å². The van der Waals surface area contributed by atoms with Gasteiger partial charge in [-0.3, -0.25) is 0 Å². The van der Waals surface area contributed by atoms with Gasteiger partial charge in [0.05, 0.1) is 11.7 Å². The predicted octanol–water partition coefficient (Wildman–Crippen LogP) is 4.12. The molecule has 0 aromatic carbocycles. The predicted molar refractivity (Wildman–Crippen MR) is 81.5 cm³/mol. The summed E-state index contributed by atoms with van der Waals surface area (Å²) < 4.78 is 2.22. The number of nitrogens with zero attached hydrogens (tertiary/aromatic N) is 2. The Morgan fingerprint density at radius 3 is 2.63 bits per heavy atom. The van der Waals surface area contributed by atoms with Gasteiger partial charge in [-0.1, -0.05) is 41.5 Å². The summed E-state index contributed by atoms with van der Waals surface area (Å²) in [7, 11) is 0. The van der Waals surface area contributed by atoms with E-state index in [4.69, 9.17) is 5.10 Å². The van der Waals surface area contributed by atoms with Crippen molar-refractivity contribution in [2.45, 2.75) is 60.4 Å². The smallest absolute Gasteiger partial charge is 0.124 e. The lowest BCUT2D eigenvalue weighted by molar-refractivity contribution is 0.256. The molecule has 0 fully saturated rings. The Balaban J connectivity index is 2.18. The number of nitrogens with one attached hydrogen (secondary N) is 1. The van der Waals surface area contributed by atoms with Crippen molar-refractivity contribution in [2.75, 3.05) is 11.9 Å². The Labute approximate surface area is 117 Å². The molecular weight excluding hydrogens is 234 g/mol. The summed E-state index contributed by atoms with van der Waals surface area (Å²) in [5, 5.41) is 8.34. The number of rotatable bonds is 3. The quantitative estimate of drug-likeness (QED) is 0.889. The van der Waals surface area contributed by atoms with E-state index in [2.05, 4.69) is 57.6 Å². The zero-order valence-corrected chi connectivity index (χ0v) is 13.3. The molecule has 19 heavy (non-hydrogen) atoms. The molecule has 0 bridgehead atoms. The van der Waals surface area contributed by atoms with Gasteiger partial charge in [0.25, 0.3) is 0 Å². The third-order valence-electron chi connectivity index (χ3n) is 4.61. The first-order valence-electron chi connectivity index (χ1n) is 7.61. The van der Waals surface area contributed by atoms with E-state index in [9.17, 15) is 0 Å². The molecule has 0 saturated carbocycles. The van der Waals surface area contributed by atoms with E-state index in [0.717, 1.165) is 13.0 Å². The van der Waals surface area contributed by atoms with Crippen LogP contribution in [0.25, 0.3) is 0 Å². The van der Waals surface area contributed by atoms with Gasteiger partial charge < -0.3 is 5.32 Å². The summed E-state index contributed by atoms with van der Waals surface area (Å²) in [6, 6.07) is 2.80. The number of hydrogen-bond donors (Lipinski definition) is 1. The van der Waals surface area contributed by atoms with Crippen LogP contribution in [0.1, 0.15) is 59.7 Å². The molecule has 0 spiro atoms. The molecule has 3 heteroatoms. The molecule has 1 aliphatic rings. The zero-order valence-electron chi connectivity index (χ0n) is 13.3. The summed E-state index contributed by atoms with van der Waals surface area (Å²) in [6.07, 6.45) is 2.25. The molecule has 0 aliphatic carbocycles. The lowest BCUT2D eigenvalue weighted by atomic mass is 9.79. The maximum Gasteiger partial charge on any atom is 0.124 e. The van der Waals surface area contributed by atoms with Crippen molar-refractivity contribution in [3.8, 4) is 0 Å². The third-order valence-corrected chi connectivity index (χ3v) is 4.61. The highest BCUT2D eigenvalue weighted by atomic mass is 15.4. The minimum Gasteiger partial charge on any atom is -0.370 e. The van der Waals surface area contributed by atoms with Crippen LogP contribution in [0.5, 0.6) is 0 Å². The Bertz CT molecular complexity index is 426. The second-order valence-corrected chi connectivity index (χ2v) is 7.46. The van der Waals surface area contributed by atoms with Gasteiger partial charge in [-0.2, -0.15) is 5.10 Å². The summed E-state index contributed by atoms with van der Waals surface area (Å²) >= 11 is 0. The molecule has 1 aromatic rings. The van der Waals surface area contributed by atoms with Crippen molar-refractivity contribution in [1.29, 1.82) is 0 Å². The molecule has 0 amide bonds. The first-order chi connectivity index (χ1) is 8.79. The van der Waals surface area contributed by atoms with Crippen LogP contribution in [0.2, 0.25) is 0 Å². The first-order valence-corrected chi connectivity index (χ1v) is 7.61. The van der Waals surface area contributed by atoms with Gasteiger partial charge in [-0.25, -0.2) is 4.68 Å². The number of aromatic nitrogens is 2. The SMILES string of the molecule is CC(C)C1CCNc2cc(CC(C)C(C)(C)C)nn21. The van der Waals surface area contributed by atoms with E-state index in [-0.39, 0.29) is 0 Å². The highest BCUT2D eigenvalue weighted by molar-refractivity contribution is 5.39. The summed E-state index contributed by atoms with van der Waals surface area (Å²) in [6.45, 7) is 14.9. The van der Waals surface area contributed by atoms with Crippen LogP contribution in [-0.4, -0.2) is 16.3 Å². The van der Waals surface area contributed by atoms with Gasteiger partial charge in [0.2, 0.25) is 0 Å². The monoisotopic (exact) mass is 263 g/mol. The van der Waals surface area contributed by atoms with Crippen LogP contribution >= 0.6 is 0 Å². The van der Waals surface area contributed by atoms with E-state index in [1.807, 2.05) is 0 Å². The van der Waals surface area contributed by atoms with Crippen LogP contribution in [0, 0.1) is 17.3 Å². The standard InChI is InChI=1S/C16H29N3/c1-11(2)14-7-8-17-15-10-13(18-19(14)15)9-12(3)16(4,5)6/h10-12,14,17H,7-9H2,1-6H3. The van der Waals surface area contributed by atoms with Crippen molar-refractivity contribution in [3.63, 3.8) is 0 Å². The number of fused-ring (bicyclic) bond motifs is 1. The van der Waals surface area contributed by atoms with Crippen molar-refractivity contribution in [1.82, 2.24) is 9.78 Å². The molecule has 2 rings (SSSR count). The van der Waals surface area contributed by atoms with Crippen LogP contribution in [-0.2, 0) is 6.42 Å². The highest BCUT2D eigenvalue weighted by Crippen LogP contribution is 2.32. The number of hydrogen-bond acceptors (Lipinski definition) is 2. The molecule has 0 saturated heterocycles. The van der Waals surface area contributed by atoms with Gasteiger partial charge in [-0.05, 0) is 30.1 Å². The molecule has 1 N–H and O–H groups in total. The minimum absolute atomic E-state index is 0.342. The van der Waals surface area contributed by atoms with Gasteiger partial charge in [0.1, 0.15) is 5.82 Å². The van der Waals surface area contributed by atoms with Crippen molar-refractivity contribution in [2.24, 2.45) is 17.3 Å². The third kappa shape index (κ3) is 3.13. The second-order valence-electron chi connectivity index (χ2n) is 7.46. The van der Waals surface area contributed by atoms with Crippen molar-refractivity contribution in [3.05, 3.63) is 11.8 Å². The summed E-state index contributed by atoms with van der Waals surface area (Å²) in [5.41, 5.74) is 1.58. The largest absolute Gasteiger partial charge is 0.370 e. The van der Waals surface area contributed by atoms with Gasteiger partial charge in [0.15, 0.2) is 0 Å². The average Bonchev–Trinajstić information content (AvgIpc) is 2.68. The second kappa shape index (κ2) is 5.18. The van der Waals surface area contributed by atoms with Crippen LogP contribution in [0.15, 0.2) is 6.07 Å². The molecule has 0 radical (unpaired) electrons. The molecule has 108 valence electrons. The van der Waals surface area contributed by atoms with Gasteiger partial charge >= 0.3 is 0 Å². The maximum atomic E-state index is 4.86. The summed E-state index contributed by atoms with van der Waals surface area (Å²) in [4.78, 5) is 0. The van der Waals surface area contributed by atoms with E-state index in [1.165, 1.54) is 17.9 Å². The molecule has 1 aromatic heterocycles. The summed E-state index contributed by atoms with van der Waals surface area (Å²) in [5.74, 6) is 2.50. The van der Waals surface area contributed by atoms with Gasteiger partial charge in [-0.15, -0.1) is 0 Å². The minimum atomic E-state index is 0.342. The molecule has 3 nitrogen and oxygen atoms in total. The highest BCUT2D eigenvalue weighted by Gasteiger charge is 2.26. The molecule has 2 heterocycles. The lowest BCUT2D eigenvalue weighted by Gasteiger charge is -2.28. The molecule has 2 atom stereocenters. The Morgan fingerprint density at radius 1 is 1.37 bits per heavy atom. The molecule has 1 aliphatic heterocycles. The first kappa shape index (κ1) is 14.4. The fourth-order valence-electron chi connectivity index (χ4n) is 2.64. The molecular formula is C16H29N3. The zero-order chi connectivity index (χ0) is 14.2. The van der Waals surface area contributed by atoms with Gasteiger partial charge in [0, 0.05) is 12.6 Å². The normalized spacial score (nSPS) is 21.1. The van der Waals surface area contributed by atoms with Crippen LogP contribution < -0.4 is 5.32 Å². The van der Waals surface area contributed by atoms with E-state index >= 15 is 0 Å².